The average molecular weight is 235 g/mol. The van der Waals surface area contributed by atoms with Crippen LogP contribution in [-0.2, 0) is 9.84 Å². The van der Waals surface area contributed by atoms with Crippen LogP contribution in [0.3, 0.4) is 0 Å². The highest BCUT2D eigenvalue weighted by molar-refractivity contribution is 7.92. The van der Waals surface area contributed by atoms with E-state index in [4.69, 9.17) is 5.73 Å². The van der Waals surface area contributed by atoms with Crippen LogP contribution in [0.2, 0.25) is 0 Å². The molecule has 0 heterocycles. The molecule has 0 saturated carbocycles. The number of benzene rings is 2. The maximum absolute atomic E-state index is 11.9. The topological polar surface area (TPSA) is 60.2 Å². The van der Waals surface area contributed by atoms with Gasteiger partial charge in [-0.25, -0.2) is 8.42 Å². The van der Waals surface area contributed by atoms with Gasteiger partial charge in [0.1, 0.15) is 5.37 Å². The second-order valence-corrected chi connectivity index (χ2v) is 6.06. The molecule has 2 N–H and O–H groups in total. The van der Waals surface area contributed by atoms with Gasteiger partial charge >= 0.3 is 0 Å². The van der Waals surface area contributed by atoms with Crippen LogP contribution in [0.1, 0.15) is 6.92 Å². The van der Waals surface area contributed by atoms with E-state index < -0.39 is 15.2 Å². The molecule has 2 rings (SSSR count). The van der Waals surface area contributed by atoms with Crippen molar-refractivity contribution in [2.45, 2.75) is 17.2 Å². The summed E-state index contributed by atoms with van der Waals surface area (Å²) in [5.41, 5.74) is 5.46. The Morgan fingerprint density at radius 2 is 1.69 bits per heavy atom. The molecule has 0 aromatic heterocycles. The van der Waals surface area contributed by atoms with Gasteiger partial charge in [-0.3, -0.25) is 0 Å². The average Bonchev–Trinajstić information content (AvgIpc) is 2.28. The monoisotopic (exact) mass is 235 g/mol. The molecular weight excluding hydrogens is 222 g/mol. The van der Waals surface area contributed by atoms with E-state index in [-0.39, 0.29) is 4.90 Å². The summed E-state index contributed by atoms with van der Waals surface area (Å²) in [5, 5.41) is 1.05. The smallest absolute Gasteiger partial charge is 0.193 e. The summed E-state index contributed by atoms with van der Waals surface area (Å²) in [5.74, 6) is 0. The summed E-state index contributed by atoms with van der Waals surface area (Å²) in [6.45, 7) is 1.48. The molecule has 84 valence electrons. The van der Waals surface area contributed by atoms with E-state index in [9.17, 15) is 8.42 Å². The first-order valence-electron chi connectivity index (χ1n) is 5.00. The standard InChI is InChI=1S/C12H13NO2S/c1-9(13)16(14,15)12-7-6-10-4-2-3-5-11(10)8-12/h2-9H,13H2,1H3. The molecule has 2 aromatic carbocycles. The zero-order chi connectivity index (χ0) is 11.8. The molecule has 0 aliphatic heterocycles. The van der Waals surface area contributed by atoms with E-state index in [2.05, 4.69) is 0 Å². The van der Waals surface area contributed by atoms with E-state index in [1.54, 1.807) is 18.2 Å². The Hall–Kier alpha value is -1.39. The fourth-order valence-corrected chi connectivity index (χ4v) is 2.54. The molecule has 0 saturated heterocycles. The van der Waals surface area contributed by atoms with Crippen LogP contribution in [0.15, 0.2) is 47.4 Å². The van der Waals surface area contributed by atoms with Gasteiger partial charge in [0.2, 0.25) is 0 Å². The molecule has 1 atom stereocenters. The molecule has 2 aromatic rings. The Morgan fingerprint density at radius 3 is 2.31 bits per heavy atom. The fourth-order valence-electron chi connectivity index (χ4n) is 1.56. The Kier molecular flexibility index (Phi) is 2.69. The summed E-state index contributed by atoms with van der Waals surface area (Å²) in [7, 11) is -3.39. The zero-order valence-electron chi connectivity index (χ0n) is 8.92. The van der Waals surface area contributed by atoms with Crippen molar-refractivity contribution < 1.29 is 8.42 Å². The van der Waals surface area contributed by atoms with E-state index in [1.807, 2.05) is 24.3 Å². The lowest BCUT2D eigenvalue weighted by Gasteiger charge is -2.08. The minimum absolute atomic E-state index is 0.279. The molecule has 0 aliphatic rings. The molecule has 0 bridgehead atoms. The van der Waals surface area contributed by atoms with Crippen LogP contribution in [0.25, 0.3) is 10.8 Å². The fraction of sp³-hybridized carbons (Fsp3) is 0.167. The van der Waals surface area contributed by atoms with Gasteiger partial charge in [0.25, 0.3) is 0 Å². The minimum atomic E-state index is -3.39. The van der Waals surface area contributed by atoms with Crippen LogP contribution in [0.5, 0.6) is 0 Å². The quantitative estimate of drug-likeness (QED) is 0.865. The lowest BCUT2D eigenvalue weighted by Crippen LogP contribution is -2.26. The van der Waals surface area contributed by atoms with Crippen LogP contribution < -0.4 is 5.73 Å². The van der Waals surface area contributed by atoms with E-state index in [0.717, 1.165) is 10.8 Å². The number of hydrogen-bond donors (Lipinski definition) is 1. The van der Waals surface area contributed by atoms with Gasteiger partial charge in [-0.2, -0.15) is 0 Å². The third kappa shape index (κ3) is 1.81. The molecule has 3 nitrogen and oxygen atoms in total. The second kappa shape index (κ2) is 3.88. The van der Waals surface area contributed by atoms with Crippen molar-refractivity contribution in [3.8, 4) is 0 Å². The number of hydrogen-bond acceptors (Lipinski definition) is 3. The van der Waals surface area contributed by atoms with Crippen LogP contribution in [0, 0.1) is 0 Å². The Labute approximate surface area is 94.8 Å². The van der Waals surface area contributed by atoms with Gasteiger partial charge in [0.05, 0.1) is 4.90 Å². The molecule has 0 fully saturated rings. The van der Waals surface area contributed by atoms with Crippen molar-refractivity contribution in [1.29, 1.82) is 0 Å². The van der Waals surface area contributed by atoms with Crippen LogP contribution in [-0.4, -0.2) is 13.8 Å². The highest BCUT2D eigenvalue weighted by atomic mass is 32.2. The van der Waals surface area contributed by atoms with Gasteiger partial charge in [0, 0.05) is 0 Å². The van der Waals surface area contributed by atoms with Crippen molar-refractivity contribution >= 4 is 20.6 Å². The summed E-state index contributed by atoms with van der Waals surface area (Å²) < 4.78 is 23.7. The maximum Gasteiger partial charge on any atom is 0.193 e. The molecule has 1 unspecified atom stereocenters. The van der Waals surface area contributed by atoms with Gasteiger partial charge in [0.15, 0.2) is 9.84 Å². The SMILES string of the molecule is CC(N)S(=O)(=O)c1ccc2ccccc2c1. The van der Waals surface area contributed by atoms with E-state index in [1.165, 1.54) is 6.92 Å². The highest BCUT2D eigenvalue weighted by Crippen LogP contribution is 2.20. The molecule has 0 spiro atoms. The van der Waals surface area contributed by atoms with Crippen molar-refractivity contribution in [2.75, 3.05) is 0 Å². The van der Waals surface area contributed by atoms with Crippen LogP contribution >= 0.6 is 0 Å². The van der Waals surface area contributed by atoms with Crippen molar-refractivity contribution in [2.24, 2.45) is 5.73 Å². The predicted octanol–water partition coefficient (Wildman–Crippen LogP) is 1.92. The lowest BCUT2D eigenvalue weighted by molar-refractivity contribution is 0.585. The molecule has 0 amide bonds. The normalized spacial score (nSPS) is 13.9. The molecule has 4 heteroatoms. The molecule has 16 heavy (non-hydrogen) atoms. The maximum atomic E-state index is 11.9. The van der Waals surface area contributed by atoms with Crippen molar-refractivity contribution in [1.82, 2.24) is 0 Å². The lowest BCUT2D eigenvalue weighted by atomic mass is 10.1. The first-order chi connectivity index (χ1) is 7.51. The first-order valence-corrected chi connectivity index (χ1v) is 6.55. The third-order valence-electron chi connectivity index (χ3n) is 2.54. The minimum Gasteiger partial charge on any atom is -0.315 e. The molecule has 0 radical (unpaired) electrons. The van der Waals surface area contributed by atoms with Gasteiger partial charge in [-0.15, -0.1) is 0 Å². The molecule has 0 aliphatic carbocycles. The van der Waals surface area contributed by atoms with Gasteiger partial charge < -0.3 is 5.73 Å². The third-order valence-corrected chi connectivity index (χ3v) is 4.43. The van der Waals surface area contributed by atoms with E-state index >= 15 is 0 Å². The number of fused-ring (bicyclic) bond motifs is 1. The van der Waals surface area contributed by atoms with Crippen molar-refractivity contribution in [3.05, 3.63) is 42.5 Å². The predicted molar refractivity (Wildman–Crippen MR) is 64.8 cm³/mol. The Balaban J connectivity index is 2.65. The Morgan fingerprint density at radius 1 is 1.06 bits per heavy atom. The van der Waals surface area contributed by atoms with Crippen molar-refractivity contribution in [3.63, 3.8) is 0 Å². The summed E-state index contributed by atoms with van der Waals surface area (Å²) in [6, 6.07) is 12.7. The zero-order valence-corrected chi connectivity index (χ0v) is 9.74. The van der Waals surface area contributed by atoms with E-state index in [0.29, 0.717) is 0 Å². The Bertz CT molecular complexity index is 618. The largest absolute Gasteiger partial charge is 0.315 e. The number of nitrogens with two attached hydrogens (primary N) is 1. The summed E-state index contributed by atoms with van der Waals surface area (Å²) in [6.07, 6.45) is 0. The van der Waals surface area contributed by atoms with Gasteiger partial charge in [-0.05, 0) is 29.8 Å². The summed E-state index contributed by atoms with van der Waals surface area (Å²) >= 11 is 0. The van der Waals surface area contributed by atoms with Gasteiger partial charge in [-0.1, -0.05) is 30.3 Å². The number of sulfone groups is 1. The second-order valence-electron chi connectivity index (χ2n) is 3.76. The molecular formula is C12H13NO2S. The first kappa shape index (κ1) is 11.1. The highest BCUT2D eigenvalue weighted by Gasteiger charge is 2.19. The summed E-state index contributed by atoms with van der Waals surface area (Å²) in [4.78, 5) is 0.279. The van der Waals surface area contributed by atoms with Crippen LogP contribution in [0.4, 0.5) is 0 Å². The number of rotatable bonds is 2.